The number of aryl methyl sites for hydroxylation is 1. The highest BCUT2D eigenvalue weighted by atomic mass is 32.2. The fourth-order valence-electron chi connectivity index (χ4n) is 5.81. The zero-order valence-corrected chi connectivity index (χ0v) is 26.2. The van der Waals surface area contributed by atoms with E-state index >= 15 is 0 Å². The number of para-hydroxylation sites is 1. The topological polar surface area (TPSA) is 152 Å². The highest BCUT2D eigenvalue weighted by molar-refractivity contribution is 7.89. The van der Waals surface area contributed by atoms with Crippen LogP contribution in [0, 0.1) is 13.8 Å². The van der Waals surface area contributed by atoms with Crippen molar-refractivity contribution in [1.82, 2.24) is 24.1 Å². The van der Waals surface area contributed by atoms with Gasteiger partial charge in [0.15, 0.2) is 0 Å². The standard InChI is InChI=1S/C29H39N5O7S2/c1-21-28(22(2)34(32-21)24-8-5-4-6-9-24)43(38,39)33-14-12-29(13-15-33)17-23(19-41-29)31-18-25(35)20-40-26-10-7-11-27(16-26)42(36,37)30-3/h4-11,16,23,25,30-31,35H,12-15,17-20H2,1-3H3/t23?,25-/m0/s1. The van der Waals surface area contributed by atoms with Gasteiger partial charge in [0.05, 0.1) is 34.2 Å². The van der Waals surface area contributed by atoms with Crippen molar-refractivity contribution < 1.29 is 31.4 Å². The third-order valence-electron chi connectivity index (χ3n) is 8.14. The van der Waals surface area contributed by atoms with E-state index in [2.05, 4.69) is 15.1 Å². The molecule has 0 aliphatic carbocycles. The maximum absolute atomic E-state index is 13.7. The minimum Gasteiger partial charge on any atom is -0.491 e. The first-order chi connectivity index (χ1) is 20.4. The number of piperidine rings is 1. The molecular formula is C29H39N5O7S2. The molecule has 3 heterocycles. The Bertz CT molecular complexity index is 1640. The van der Waals surface area contributed by atoms with Gasteiger partial charge < -0.3 is 19.9 Å². The van der Waals surface area contributed by atoms with Gasteiger partial charge in [-0.15, -0.1) is 0 Å². The van der Waals surface area contributed by atoms with Gasteiger partial charge >= 0.3 is 0 Å². The molecule has 2 saturated heterocycles. The summed E-state index contributed by atoms with van der Waals surface area (Å²) >= 11 is 0. The third-order valence-corrected chi connectivity index (χ3v) is 11.7. The first-order valence-electron chi connectivity index (χ1n) is 14.3. The maximum atomic E-state index is 13.7. The van der Waals surface area contributed by atoms with Crippen LogP contribution < -0.4 is 14.8 Å². The van der Waals surface area contributed by atoms with Gasteiger partial charge in [0, 0.05) is 31.7 Å². The van der Waals surface area contributed by atoms with E-state index in [1.807, 2.05) is 30.3 Å². The van der Waals surface area contributed by atoms with Gasteiger partial charge in [-0.05, 0) is 64.4 Å². The summed E-state index contributed by atoms with van der Waals surface area (Å²) in [5, 5.41) is 18.3. The minimum atomic E-state index is -3.74. The number of aliphatic hydroxyl groups excluding tert-OH is 1. The molecular weight excluding hydrogens is 594 g/mol. The number of nitrogens with one attached hydrogen (secondary N) is 2. The zero-order valence-electron chi connectivity index (χ0n) is 24.6. The van der Waals surface area contributed by atoms with E-state index in [1.54, 1.807) is 30.7 Å². The molecule has 234 valence electrons. The highest BCUT2D eigenvalue weighted by Crippen LogP contribution is 2.38. The molecule has 0 amide bonds. The molecule has 0 radical (unpaired) electrons. The summed E-state index contributed by atoms with van der Waals surface area (Å²) in [6.45, 7) is 4.93. The SMILES string of the molecule is CNS(=O)(=O)c1cccc(OC[C@@H](O)CNC2COC3(CCN(S(=O)(=O)c4c(C)nn(-c5ccccc5)c4C)CC3)C2)c1. The number of ether oxygens (including phenoxy) is 2. The Labute approximate surface area is 253 Å². The van der Waals surface area contributed by atoms with Crippen molar-refractivity contribution in [3.63, 3.8) is 0 Å². The summed E-state index contributed by atoms with van der Waals surface area (Å²) in [7, 11) is -5.99. The number of hydrogen-bond donors (Lipinski definition) is 3. The Hall–Kier alpha value is -2.85. The molecule has 43 heavy (non-hydrogen) atoms. The lowest BCUT2D eigenvalue weighted by Gasteiger charge is -2.38. The average molecular weight is 634 g/mol. The van der Waals surface area contributed by atoms with Crippen LogP contribution in [0.5, 0.6) is 5.75 Å². The van der Waals surface area contributed by atoms with E-state index in [-0.39, 0.29) is 29.0 Å². The lowest BCUT2D eigenvalue weighted by atomic mass is 9.88. The van der Waals surface area contributed by atoms with E-state index in [0.717, 1.165) is 5.69 Å². The summed E-state index contributed by atoms with van der Waals surface area (Å²) in [5.74, 6) is 0.345. The number of benzene rings is 2. The summed E-state index contributed by atoms with van der Waals surface area (Å²) in [5.41, 5.74) is 1.46. The maximum Gasteiger partial charge on any atom is 0.246 e. The third kappa shape index (κ3) is 6.80. The van der Waals surface area contributed by atoms with Crippen molar-refractivity contribution >= 4 is 20.0 Å². The van der Waals surface area contributed by atoms with Crippen LogP contribution in [0.1, 0.15) is 30.7 Å². The molecule has 2 fully saturated rings. The second-order valence-electron chi connectivity index (χ2n) is 11.1. The first-order valence-corrected chi connectivity index (χ1v) is 17.2. The fraction of sp³-hybridized carbons (Fsp3) is 0.483. The number of hydrogen-bond acceptors (Lipinski definition) is 9. The molecule has 12 nitrogen and oxygen atoms in total. The van der Waals surface area contributed by atoms with Crippen molar-refractivity contribution in [3.8, 4) is 11.4 Å². The molecule has 5 rings (SSSR count). The summed E-state index contributed by atoms with van der Waals surface area (Å²) in [6.07, 6.45) is 1.04. The van der Waals surface area contributed by atoms with Crippen LogP contribution in [0.4, 0.5) is 0 Å². The molecule has 1 spiro atoms. The van der Waals surface area contributed by atoms with Gasteiger partial charge in [-0.25, -0.2) is 26.2 Å². The summed E-state index contributed by atoms with van der Waals surface area (Å²) < 4.78 is 68.7. The van der Waals surface area contributed by atoms with Crippen LogP contribution in [0.3, 0.4) is 0 Å². The van der Waals surface area contributed by atoms with Crippen molar-refractivity contribution in [2.24, 2.45) is 0 Å². The van der Waals surface area contributed by atoms with E-state index < -0.39 is 31.8 Å². The van der Waals surface area contributed by atoms with Gasteiger partial charge in [-0.1, -0.05) is 24.3 Å². The predicted molar refractivity (Wildman–Crippen MR) is 160 cm³/mol. The predicted octanol–water partition coefficient (Wildman–Crippen LogP) is 1.74. The molecule has 2 aliphatic heterocycles. The van der Waals surface area contributed by atoms with E-state index in [1.165, 1.54) is 23.5 Å². The Morgan fingerprint density at radius 3 is 2.51 bits per heavy atom. The second kappa shape index (κ2) is 12.6. The number of rotatable bonds is 11. The van der Waals surface area contributed by atoms with E-state index in [9.17, 15) is 21.9 Å². The molecule has 2 aromatic carbocycles. The van der Waals surface area contributed by atoms with Gasteiger partial charge in [-0.3, -0.25) is 0 Å². The highest BCUT2D eigenvalue weighted by Gasteiger charge is 2.45. The lowest BCUT2D eigenvalue weighted by Crippen LogP contribution is -2.47. The van der Waals surface area contributed by atoms with Crippen LogP contribution in [0.2, 0.25) is 0 Å². The summed E-state index contributed by atoms with van der Waals surface area (Å²) in [6, 6.07) is 15.6. The van der Waals surface area contributed by atoms with Crippen LogP contribution in [0.25, 0.3) is 5.69 Å². The molecule has 3 N–H and O–H groups in total. The number of nitrogens with zero attached hydrogens (tertiary/aromatic N) is 3. The smallest absolute Gasteiger partial charge is 0.246 e. The molecule has 0 saturated carbocycles. The van der Waals surface area contributed by atoms with Crippen LogP contribution >= 0.6 is 0 Å². The van der Waals surface area contributed by atoms with Crippen LogP contribution in [0.15, 0.2) is 64.4 Å². The van der Waals surface area contributed by atoms with E-state index in [4.69, 9.17) is 9.47 Å². The van der Waals surface area contributed by atoms with Gasteiger partial charge in [0.2, 0.25) is 20.0 Å². The quantitative estimate of drug-likeness (QED) is 0.287. The van der Waals surface area contributed by atoms with E-state index in [0.29, 0.717) is 56.1 Å². The fourth-order valence-corrected chi connectivity index (χ4v) is 8.37. The first kappa shape index (κ1) is 31.6. The molecule has 0 bridgehead atoms. The Morgan fingerprint density at radius 2 is 1.81 bits per heavy atom. The second-order valence-corrected chi connectivity index (χ2v) is 14.9. The number of sulfonamides is 2. The van der Waals surface area contributed by atoms with Crippen LogP contribution in [-0.4, -0.2) is 93.7 Å². The monoisotopic (exact) mass is 633 g/mol. The van der Waals surface area contributed by atoms with Gasteiger partial charge in [0.25, 0.3) is 0 Å². The van der Waals surface area contributed by atoms with Crippen molar-refractivity contribution in [2.75, 3.05) is 39.9 Å². The van der Waals surface area contributed by atoms with Crippen molar-refractivity contribution in [3.05, 3.63) is 66.0 Å². The van der Waals surface area contributed by atoms with Gasteiger partial charge in [-0.2, -0.15) is 9.40 Å². The Balaban J connectivity index is 1.12. The van der Waals surface area contributed by atoms with Gasteiger partial charge in [0.1, 0.15) is 23.4 Å². The van der Waals surface area contributed by atoms with Crippen LogP contribution in [-0.2, 0) is 24.8 Å². The summed E-state index contributed by atoms with van der Waals surface area (Å²) in [4.78, 5) is 0.339. The zero-order chi connectivity index (χ0) is 30.8. The average Bonchev–Trinajstić information content (AvgIpc) is 3.54. The molecule has 2 aliphatic rings. The minimum absolute atomic E-state index is 0.00972. The molecule has 14 heteroatoms. The number of aliphatic hydroxyl groups is 1. The van der Waals surface area contributed by atoms with Crippen molar-refractivity contribution in [1.29, 1.82) is 0 Å². The largest absolute Gasteiger partial charge is 0.491 e. The molecule has 3 aromatic rings. The normalized spacial score (nSPS) is 20.0. The molecule has 1 aromatic heterocycles. The lowest BCUT2D eigenvalue weighted by molar-refractivity contribution is -0.0312. The Kier molecular flexibility index (Phi) is 9.28. The Morgan fingerprint density at radius 1 is 1.09 bits per heavy atom. The molecule has 1 unspecified atom stereocenters. The molecule has 2 atom stereocenters. The van der Waals surface area contributed by atoms with Crippen molar-refractivity contribution in [2.45, 2.75) is 60.6 Å². The number of aromatic nitrogens is 2.